The van der Waals surface area contributed by atoms with Crippen molar-refractivity contribution in [2.45, 2.75) is 19.0 Å². The summed E-state index contributed by atoms with van der Waals surface area (Å²) in [5.74, 6) is -1.67. The normalized spacial score (nSPS) is 18.4. The minimum Gasteiger partial charge on any atom is -0.365 e. The van der Waals surface area contributed by atoms with Gasteiger partial charge in [-0.25, -0.2) is 0 Å². The number of hydrogen-bond donors (Lipinski definition) is 0. The van der Waals surface area contributed by atoms with Gasteiger partial charge in [-0.05, 0) is 35.7 Å². The summed E-state index contributed by atoms with van der Waals surface area (Å²) in [5, 5.41) is 2.17. The number of amides is 1. The van der Waals surface area contributed by atoms with Crippen molar-refractivity contribution in [2.24, 2.45) is 5.92 Å². The quantitative estimate of drug-likeness (QED) is 0.833. The summed E-state index contributed by atoms with van der Waals surface area (Å²) < 4.78 is 38.7. The molecule has 0 aromatic heterocycles. The van der Waals surface area contributed by atoms with Crippen LogP contribution in [0, 0.1) is 5.92 Å². The number of anilines is 1. The lowest BCUT2D eigenvalue weighted by atomic mass is 9.97. The fourth-order valence-electron chi connectivity index (χ4n) is 3.28. The molecule has 1 unspecified atom stereocenters. The van der Waals surface area contributed by atoms with Crippen LogP contribution in [0.5, 0.6) is 0 Å². The number of carbonyl (C=O) groups is 1. The third-order valence-corrected chi connectivity index (χ3v) is 4.78. The van der Waals surface area contributed by atoms with Gasteiger partial charge in [0.05, 0.1) is 12.5 Å². The van der Waals surface area contributed by atoms with Gasteiger partial charge in [0, 0.05) is 25.8 Å². The third-order valence-electron chi connectivity index (χ3n) is 4.78. The van der Waals surface area contributed by atoms with Gasteiger partial charge in [-0.2, -0.15) is 13.2 Å². The summed E-state index contributed by atoms with van der Waals surface area (Å²) in [6, 6.07) is 13.8. The minimum atomic E-state index is -4.23. The highest BCUT2D eigenvalue weighted by Crippen LogP contribution is 2.33. The molecule has 0 saturated carbocycles. The van der Waals surface area contributed by atoms with Crippen molar-refractivity contribution >= 4 is 22.4 Å². The van der Waals surface area contributed by atoms with Crippen molar-refractivity contribution in [3.63, 3.8) is 0 Å². The predicted molar refractivity (Wildman–Crippen MR) is 92.6 cm³/mol. The van der Waals surface area contributed by atoms with Crippen LogP contribution in [0.3, 0.4) is 0 Å². The number of piperidine rings is 1. The number of rotatable bonds is 3. The van der Waals surface area contributed by atoms with Gasteiger partial charge in [-0.15, -0.1) is 0 Å². The van der Waals surface area contributed by atoms with Crippen molar-refractivity contribution in [3.05, 3.63) is 42.5 Å². The second kappa shape index (κ2) is 6.94. The highest BCUT2D eigenvalue weighted by molar-refractivity contribution is 5.87. The van der Waals surface area contributed by atoms with E-state index in [1.54, 1.807) is 11.9 Å². The molecule has 6 heteroatoms. The molecule has 0 aliphatic carbocycles. The van der Waals surface area contributed by atoms with Crippen molar-refractivity contribution in [3.8, 4) is 0 Å². The summed E-state index contributed by atoms with van der Waals surface area (Å²) >= 11 is 0. The van der Waals surface area contributed by atoms with Crippen LogP contribution in [-0.4, -0.2) is 43.7 Å². The van der Waals surface area contributed by atoms with E-state index in [4.69, 9.17) is 0 Å². The second-order valence-electron chi connectivity index (χ2n) is 6.61. The number of carbonyl (C=O) groups excluding carboxylic acids is 1. The standard InChI is InChI=1S/C19H21F3N2O/c1-23(17-9-8-14-5-2-3-6-15(14)11-17)13-18(25)24-10-4-7-16(12-24)19(20,21)22/h2-3,5-6,8-9,11,16H,4,7,10,12-13H2,1H3. The Morgan fingerprint density at radius 1 is 1.20 bits per heavy atom. The van der Waals surface area contributed by atoms with E-state index < -0.39 is 12.1 Å². The molecule has 0 radical (unpaired) electrons. The molecule has 1 heterocycles. The number of likely N-dealkylation sites (tertiary alicyclic amines) is 1. The molecular weight excluding hydrogens is 329 g/mol. The van der Waals surface area contributed by atoms with E-state index in [-0.39, 0.29) is 25.4 Å². The fraction of sp³-hybridized carbons (Fsp3) is 0.421. The average molecular weight is 350 g/mol. The maximum absolute atomic E-state index is 12.9. The first-order chi connectivity index (χ1) is 11.8. The molecule has 2 aromatic carbocycles. The Balaban J connectivity index is 1.67. The molecule has 134 valence electrons. The number of alkyl halides is 3. The summed E-state index contributed by atoms with van der Waals surface area (Å²) in [5.41, 5.74) is 0.872. The van der Waals surface area contributed by atoms with Crippen LogP contribution in [0.2, 0.25) is 0 Å². The number of benzene rings is 2. The molecule has 1 fully saturated rings. The Morgan fingerprint density at radius 2 is 1.92 bits per heavy atom. The zero-order valence-electron chi connectivity index (χ0n) is 14.1. The maximum Gasteiger partial charge on any atom is 0.393 e. The van der Waals surface area contributed by atoms with E-state index in [0.717, 1.165) is 16.5 Å². The zero-order chi connectivity index (χ0) is 18.0. The minimum absolute atomic E-state index is 0.0723. The first-order valence-corrected chi connectivity index (χ1v) is 8.39. The Labute approximate surface area is 145 Å². The summed E-state index contributed by atoms with van der Waals surface area (Å²) in [7, 11) is 1.78. The monoisotopic (exact) mass is 350 g/mol. The molecule has 0 spiro atoms. The van der Waals surface area contributed by atoms with E-state index in [2.05, 4.69) is 0 Å². The summed E-state index contributed by atoms with van der Waals surface area (Å²) in [4.78, 5) is 15.6. The Hall–Kier alpha value is -2.24. The Kier molecular flexibility index (Phi) is 4.88. The fourth-order valence-corrected chi connectivity index (χ4v) is 3.28. The first kappa shape index (κ1) is 17.6. The smallest absolute Gasteiger partial charge is 0.365 e. The Bertz CT molecular complexity index is 760. The largest absolute Gasteiger partial charge is 0.393 e. The van der Waals surface area contributed by atoms with E-state index in [1.165, 1.54) is 4.90 Å². The predicted octanol–water partition coefficient (Wildman–Crippen LogP) is 4.08. The molecule has 2 aromatic rings. The van der Waals surface area contributed by atoms with Crippen LogP contribution in [0.1, 0.15) is 12.8 Å². The second-order valence-corrected chi connectivity index (χ2v) is 6.61. The van der Waals surface area contributed by atoms with Gasteiger partial charge in [0.1, 0.15) is 0 Å². The van der Waals surface area contributed by atoms with E-state index in [1.807, 2.05) is 42.5 Å². The molecule has 25 heavy (non-hydrogen) atoms. The van der Waals surface area contributed by atoms with Crippen LogP contribution in [0.15, 0.2) is 42.5 Å². The van der Waals surface area contributed by atoms with Gasteiger partial charge in [0.25, 0.3) is 0 Å². The van der Waals surface area contributed by atoms with Gasteiger partial charge in [0.2, 0.25) is 5.91 Å². The lowest BCUT2D eigenvalue weighted by Crippen LogP contribution is -2.47. The van der Waals surface area contributed by atoms with Crippen LogP contribution in [0.4, 0.5) is 18.9 Å². The van der Waals surface area contributed by atoms with Gasteiger partial charge in [0.15, 0.2) is 0 Å². The van der Waals surface area contributed by atoms with E-state index in [0.29, 0.717) is 13.0 Å². The zero-order valence-corrected chi connectivity index (χ0v) is 14.1. The molecule has 3 nitrogen and oxygen atoms in total. The number of nitrogens with zero attached hydrogens (tertiary/aromatic N) is 2. The molecule has 1 amide bonds. The molecular formula is C19H21F3N2O. The number of hydrogen-bond acceptors (Lipinski definition) is 2. The summed E-state index contributed by atoms with van der Waals surface area (Å²) in [6.07, 6.45) is -3.73. The molecule has 0 N–H and O–H groups in total. The molecule has 1 aliphatic heterocycles. The van der Waals surface area contributed by atoms with Crippen molar-refractivity contribution in [1.29, 1.82) is 0 Å². The topological polar surface area (TPSA) is 23.6 Å². The number of halogens is 3. The van der Waals surface area contributed by atoms with Gasteiger partial charge >= 0.3 is 6.18 Å². The molecule has 0 bridgehead atoms. The van der Waals surface area contributed by atoms with E-state index in [9.17, 15) is 18.0 Å². The third kappa shape index (κ3) is 4.06. The van der Waals surface area contributed by atoms with Crippen molar-refractivity contribution in [1.82, 2.24) is 4.90 Å². The number of likely N-dealkylation sites (N-methyl/N-ethyl adjacent to an activating group) is 1. The van der Waals surface area contributed by atoms with Crippen molar-refractivity contribution < 1.29 is 18.0 Å². The SMILES string of the molecule is CN(CC(=O)N1CCCC(C(F)(F)F)C1)c1ccc2ccccc2c1. The van der Waals surface area contributed by atoms with Crippen LogP contribution >= 0.6 is 0 Å². The molecule has 1 saturated heterocycles. The van der Waals surface area contributed by atoms with E-state index >= 15 is 0 Å². The lowest BCUT2D eigenvalue weighted by molar-refractivity contribution is -0.187. The van der Waals surface area contributed by atoms with Crippen LogP contribution < -0.4 is 4.90 Å². The average Bonchev–Trinajstić information content (AvgIpc) is 2.60. The molecule has 1 aliphatic rings. The number of fused-ring (bicyclic) bond motifs is 1. The molecule has 3 rings (SSSR count). The molecule has 1 atom stereocenters. The van der Waals surface area contributed by atoms with Gasteiger partial charge in [-0.1, -0.05) is 30.3 Å². The van der Waals surface area contributed by atoms with Crippen LogP contribution in [0.25, 0.3) is 10.8 Å². The highest BCUT2D eigenvalue weighted by atomic mass is 19.4. The Morgan fingerprint density at radius 3 is 2.64 bits per heavy atom. The maximum atomic E-state index is 12.9. The van der Waals surface area contributed by atoms with Gasteiger partial charge in [-0.3, -0.25) is 4.79 Å². The first-order valence-electron chi connectivity index (χ1n) is 8.39. The lowest BCUT2D eigenvalue weighted by Gasteiger charge is -2.34. The van der Waals surface area contributed by atoms with Crippen LogP contribution in [-0.2, 0) is 4.79 Å². The van der Waals surface area contributed by atoms with Gasteiger partial charge < -0.3 is 9.80 Å². The highest BCUT2D eigenvalue weighted by Gasteiger charge is 2.42. The summed E-state index contributed by atoms with van der Waals surface area (Å²) in [6.45, 7) is 0.244. The van der Waals surface area contributed by atoms with Crippen molar-refractivity contribution in [2.75, 3.05) is 31.6 Å².